The summed E-state index contributed by atoms with van der Waals surface area (Å²) < 4.78 is 1.43. The van der Waals surface area contributed by atoms with Crippen molar-refractivity contribution in [2.75, 3.05) is 0 Å². The van der Waals surface area contributed by atoms with E-state index in [1.807, 2.05) is 29.2 Å². The van der Waals surface area contributed by atoms with Gasteiger partial charge in [0, 0.05) is 17.1 Å². The van der Waals surface area contributed by atoms with Gasteiger partial charge >= 0.3 is 0 Å². The highest BCUT2D eigenvalue weighted by atomic mass is 32.2. The SMILES string of the molecule is Cc1c(SCc2ccccc2)sc2c1CC#CC=C2. The van der Waals surface area contributed by atoms with E-state index in [2.05, 4.69) is 55.2 Å². The summed E-state index contributed by atoms with van der Waals surface area (Å²) in [5.41, 5.74) is 4.22. The van der Waals surface area contributed by atoms with Crippen LogP contribution in [0.1, 0.15) is 21.6 Å². The van der Waals surface area contributed by atoms with Crippen LogP contribution in [0.15, 0.2) is 40.6 Å². The lowest BCUT2D eigenvalue weighted by Gasteiger charge is -2.01. The van der Waals surface area contributed by atoms with Crippen molar-refractivity contribution >= 4 is 29.2 Å². The monoisotopic (exact) mass is 282 g/mol. The second kappa shape index (κ2) is 5.69. The Morgan fingerprint density at radius 3 is 2.95 bits per heavy atom. The lowest BCUT2D eigenvalue weighted by molar-refractivity contribution is 1.24. The van der Waals surface area contributed by atoms with E-state index in [9.17, 15) is 0 Å². The highest BCUT2D eigenvalue weighted by Crippen LogP contribution is 2.38. The molecule has 3 rings (SSSR count). The van der Waals surface area contributed by atoms with Gasteiger partial charge in [-0.2, -0.15) is 0 Å². The van der Waals surface area contributed by atoms with Crippen LogP contribution in [0.2, 0.25) is 0 Å². The quantitative estimate of drug-likeness (QED) is 0.568. The van der Waals surface area contributed by atoms with Crippen molar-refractivity contribution < 1.29 is 0 Å². The molecule has 0 aliphatic heterocycles. The maximum atomic E-state index is 3.19. The van der Waals surface area contributed by atoms with Crippen LogP contribution < -0.4 is 0 Å². The predicted molar refractivity (Wildman–Crippen MR) is 85.6 cm³/mol. The molecule has 2 aromatic rings. The molecule has 0 atom stereocenters. The van der Waals surface area contributed by atoms with E-state index >= 15 is 0 Å². The normalized spacial score (nSPS) is 12.5. The molecule has 0 saturated heterocycles. The number of fused-ring (bicyclic) bond motifs is 1. The minimum atomic E-state index is 0.885. The summed E-state index contributed by atoms with van der Waals surface area (Å²) >= 11 is 3.83. The van der Waals surface area contributed by atoms with Gasteiger partial charge < -0.3 is 0 Å². The molecule has 0 unspecified atom stereocenters. The molecule has 19 heavy (non-hydrogen) atoms. The van der Waals surface area contributed by atoms with E-state index in [1.165, 1.54) is 25.8 Å². The van der Waals surface area contributed by atoms with Crippen molar-refractivity contribution in [2.45, 2.75) is 23.3 Å². The van der Waals surface area contributed by atoms with E-state index < -0.39 is 0 Å². The first kappa shape index (κ1) is 12.6. The Balaban J connectivity index is 1.80. The average Bonchev–Trinajstić information content (AvgIpc) is 2.63. The molecule has 1 aliphatic rings. The molecule has 1 heterocycles. The molecule has 0 fully saturated rings. The smallest absolute Gasteiger partial charge is 0.0640 e. The highest BCUT2D eigenvalue weighted by molar-refractivity contribution is 8.00. The van der Waals surface area contributed by atoms with Crippen molar-refractivity contribution in [1.82, 2.24) is 0 Å². The summed E-state index contributed by atoms with van der Waals surface area (Å²) in [5, 5.41) is 0. The minimum Gasteiger partial charge on any atom is -0.129 e. The van der Waals surface area contributed by atoms with Crippen molar-refractivity contribution in [3.05, 3.63) is 58.0 Å². The topological polar surface area (TPSA) is 0 Å². The number of allylic oxidation sites excluding steroid dienone is 1. The largest absolute Gasteiger partial charge is 0.129 e. The lowest BCUT2D eigenvalue weighted by atomic mass is 10.1. The Morgan fingerprint density at radius 1 is 1.26 bits per heavy atom. The summed E-state index contributed by atoms with van der Waals surface area (Å²) in [4.78, 5) is 1.37. The Labute approximate surface area is 122 Å². The van der Waals surface area contributed by atoms with Crippen LogP contribution in [0.5, 0.6) is 0 Å². The van der Waals surface area contributed by atoms with Gasteiger partial charge in [-0.1, -0.05) is 42.2 Å². The maximum absolute atomic E-state index is 3.19. The van der Waals surface area contributed by atoms with Gasteiger partial charge in [-0.3, -0.25) is 0 Å². The lowest BCUT2D eigenvalue weighted by Crippen LogP contribution is -1.84. The Hall–Kier alpha value is -1.43. The minimum absolute atomic E-state index is 0.885. The molecule has 1 aromatic carbocycles. The Bertz CT molecular complexity index is 667. The fraction of sp³-hybridized carbons (Fsp3) is 0.176. The van der Waals surface area contributed by atoms with Crippen LogP contribution in [0.25, 0.3) is 6.08 Å². The van der Waals surface area contributed by atoms with Crippen LogP contribution >= 0.6 is 23.1 Å². The Kier molecular flexibility index (Phi) is 3.77. The summed E-state index contributed by atoms with van der Waals surface area (Å²) in [5.74, 6) is 7.28. The van der Waals surface area contributed by atoms with Gasteiger partial charge in [0.1, 0.15) is 0 Å². The fourth-order valence-corrected chi connectivity index (χ4v) is 4.55. The number of thiophene rings is 1. The van der Waals surface area contributed by atoms with Gasteiger partial charge in [0.05, 0.1) is 4.21 Å². The van der Waals surface area contributed by atoms with Gasteiger partial charge in [-0.15, -0.1) is 23.1 Å². The molecule has 0 bridgehead atoms. The van der Waals surface area contributed by atoms with E-state index in [-0.39, 0.29) is 0 Å². The van der Waals surface area contributed by atoms with Crippen LogP contribution in [0.4, 0.5) is 0 Å². The number of rotatable bonds is 3. The van der Waals surface area contributed by atoms with Crippen molar-refractivity contribution in [2.24, 2.45) is 0 Å². The average molecular weight is 282 g/mol. The van der Waals surface area contributed by atoms with E-state index in [4.69, 9.17) is 0 Å². The van der Waals surface area contributed by atoms with E-state index in [0.29, 0.717) is 0 Å². The van der Waals surface area contributed by atoms with E-state index in [1.54, 1.807) is 0 Å². The predicted octanol–water partition coefficient (Wildman–Crippen LogP) is 4.92. The third-order valence-electron chi connectivity index (χ3n) is 3.16. The van der Waals surface area contributed by atoms with Crippen LogP contribution in [0, 0.1) is 18.8 Å². The molecule has 0 amide bonds. The summed E-state index contributed by atoms with van der Waals surface area (Å²) in [6.45, 7) is 2.23. The van der Waals surface area contributed by atoms with Gasteiger partial charge in [0.15, 0.2) is 0 Å². The molecule has 2 heteroatoms. The number of benzene rings is 1. The van der Waals surface area contributed by atoms with E-state index in [0.717, 1.165) is 12.2 Å². The maximum Gasteiger partial charge on any atom is 0.0640 e. The molecule has 1 aromatic heterocycles. The molecular formula is C17H14S2. The van der Waals surface area contributed by atoms with Gasteiger partial charge in [-0.25, -0.2) is 0 Å². The van der Waals surface area contributed by atoms with Crippen LogP contribution in [-0.4, -0.2) is 0 Å². The zero-order chi connectivity index (χ0) is 13.1. The molecule has 0 spiro atoms. The van der Waals surface area contributed by atoms with Crippen molar-refractivity contribution in [3.8, 4) is 11.8 Å². The van der Waals surface area contributed by atoms with Gasteiger partial charge in [0.25, 0.3) is 0 Å². The zero-order valence-corrected chi connectivity index (χ0v) is 12.4. The molecule has 0 saturated carbocycles. The second-order valence-electron chi connectivity index (χ2n) is 4.46. The first-order valence-electron chi connectivity index (χ1n) is 6.28. The van der Waals surface area contributed by atoms with Crippen LogP contribution in [0.3, 0.4) is 0 Å². The zero-order valence-electron chi connectivity index (χ0n) is 10.8. The summed E-state index contributed by atoms with van der Waals surface area (Å²) in [6, 6.07) is 10.6. The highest BCUT2D eigenvalue weighted by Gasteiger charge is 2.13. The standard InChI is InChI=1S/C17H14S2/c1-13-15-10-6-3-7-11-16(15)19-17(13)18-12-14-8-4-2-5-9-14/h2,4-5,7-9,11H,10,12H2,1H3. The first-order valence-corrected chi connectivity index (χ1v) is 8.09. The molecular weight excluding hydrogens is 268 g/mol. The van der Waals surface area contributed by atoms with Gasteiger partial charge in [-0.05, 0) is 35.8 Å². The number of thioether (sulfide) groups is 1. The molecule has 0 nitrogen and oxygen atoms in total. The third-order valence-corrected chi connectivity index (χ3v) is 5.90. The first-order chi connectivity index (χ1) is 9.34. The molecule has 0 radical (unpaired) electrons. The van der Waals surface area contributed by atoms with Crippen molar-refractivity contribution in [1.29, 1.82) is 0 Å². The second-order valence-corrected chi connectivity index (χ2v) is 6.76. The fourth-order valence-electron chi connectivity index (χ4n) is 2.08. The van der Waals surface area contributed by atoms with Gasteiger partial charge in [0.2, 0.25) is 0 Å². The Morgan fingerprint density at radius 2 is 2.11 bits per heavy atom. The number of hydrogen-bond donors (Lipinski definition) is 0. The molecule has 1 aliphatic carbocycles. The summed E-state index contributed by atoms with van der Waals surface area (Å²) in [7, 11) is 0. The third kappa shape index (κ3) is 2.78. The molecule has 0 N–H and O–H groups in total. The summed E-state index contributed by atoms with van der Waals surface area (Å²) in [6.07, 6.45) is 5.00. The number of hydrogen-bond acceptors (Lipinski definition) is 2. The van der Waals surface area contributed by atoms with Crippen LogP contribution in [-0.2, 0) is 12.2 Å². The molecule has 94 valence electrons. The van der Waals surface area contributed by atoms with Crippen molar-refractivity contribution in [3.63, 3.8) is 0 Å².